The van der Waals surface area contributed by atoms with Crippen molar-refractivity contribution in [2.75, 3.05) is 7.11 Å². The van der Waals surface area contributed by atoms with Crippen molar-refractivity contribution < 1.29 is 4.74 Å². The van der Waals surface area contributed by atoms with E-state index in [1.807, 2.05) is 0 Å². The molecule has 0 aliphatic heterocycles. The summed E-state index contributed by atoms with van der Waals surface area (Å²) in [5, 5.41) is 0. The van der Waals surface area contributed by atoms with E-state index in [0.717, 1.165) is 12.8 Å². The molecule has 10 heavy (non-hydrogen) atoms. The van der Waals surface area contributed by atoms with E-state index < -0.39 is 0 Å². The van der Waals surface area contributed by atoms with Crippen LogP contribution in [0.25, 0.3) is 0 Å². The molecule has 1 unspecified atom stereocenters. The fraction of sp³-hybridized carbons (Fsp3) is 0.556. The molecule has 0 aromatic heterocycles. The highest BCUT2D eigenvalue weighted by Crippen LogP contribution is 2.14. The van der Waals surface area contributed by atoms with Crippen molar-refractivity contribution >= 4 is 0 Å². The van der Waals surface area contributed by atoms with Gasteiger partial charge in [-0.1, -0.05) is 23.8 Å². The Morgan fingerprint density at radius 3 is 3.10 bits per heavy atom. The molecule has 0 radical (unpaired) electrons. The Bertz CT molecular complexity index is 156. The average Bonchev–Trinajstić information content (AvgIpc) is 2.13. The third-order valence-electron chi connectivity index (χ3n) is 1.80. The monoisotopic (exact) mass is 138 g/mol. The third-order valence-corrected chi connectivity index (χ3v) is 1.80. The van der Waals surface area contributed by atoms with E-state index in [0.29, 0.717) is 6.10 Å². The van der Waals surface area contributed by atoms with Crippen LogP contribution in [0.1, 0.15) is 19.8 Å². The van der Waals surface area contributed by atoms with Crippen LogP contribution in [0.15, 0.2) is 23.8 Å². The Morgan fingerprint density at radius 2 is 2.40 bits per heavy atom. The maximum absolute atomic E-state index is 5.25. The summed E-state index contributed by atoms with van der Waals surface area (Å²) in [6, 6.07) is 0. The van der Waals surface area contributed by atoms with Gasteiger partial charge in [0.1, 0.15) is 0 Å². The Balaban J connectivity index is 2.53. The van der Waals surface area contributed by atoms with Crippen molar-refractivity contribution in [1.82, 2.24) is 0 Å². The quantitative estimate of drug-likeness (QED) is 0.540. The lowest BCUT2D eigenvalue weighted by Gasteiger charge is -2.10. The average molecular weight is 138 g/mol. The minimum atomic E-state index is 0.398. The number of hydrogen-bond acceptors (Lipinski definition) is 1. The van der Waals surface area contributed by atoms with Crippen LogP contribution in [0.5, 0.6) is 0 Å². The molecule has 1 nitrogen and oxygen atoms in total. The lowest BCUT2D eigenvalue weighted by molar-refractivity contribution is 0.106. The summed E-state index contributed by atoms with van der Waals surface area (Å²) >= 11 is 0. The zero-order valence-corrected chi connectivity index (χ0v) is 6.63. The van der Waals surface area contributed by atoms with E-state index in [2.05, 4.69) is 25.2 Å². The zero-order chi connectivity index (χ0) is 7.40. The minimum Gasteiger partial charge on any atom is -0.381 e. The molecule has 1 aliphatic rings. The van der Waals surface area contributed by atoms with Crippen LogP contribution in [-0.2, 0) is 4.74 Å². The van der Waals surface area contributed by atoms with E-state index in [1.165, 1.54) is 5.57 Å². The highest BCUT2D eigenvalue weighted by atomic mass is 16.5. The molecule has 56 valence electrons. The second-order valence-electron chi connectivity index (χ2n) is 2.74. The lowest BCUT2D eigenvalue weighted by atomic mass is 10.1. The van der Waals surface area contributed by atoms with Crippen molar-refractivity contribution in [3.8, 4) is 0 Å². The van der Waals surface area contributed by atoms with Crippen LogP contribution in [-0.4, -0.2) is 13.2 Å². The molecule has 1 heteroatoms. The summed E-state index contributed by atoms with van der Waals surface area (Å²) < 4.78 is 5.25. The lowest BCUT2D eigenvalue weighted by Crippen LogP contribution is -2.08. The van der Waals surface area contributed by atoms with Crippen molar-refractivity contribution in [2.45, 2.75) is 25.9 Å². The molecular formula is C9H14O. The summed E-state index contributed by atoms with van der Waals surface area (Å²) in [6.45, 7) is 2.14. The van der Waals surface area contributed by atoms with Crippen molar-refractivity contribution in [3.05, 3.63) is 23.8 Å². The number of methoxy groups -OCH3 is 1. The second kappa shape index (κ2) is 3.57. The van der Waals surface area contributed by atoms with Crippen LogP contribution in [0.2, 0.25) is 0 Å². The number of rotatable bonds is 1. The fourth-order valence-electron chi connectivity index (χ4n) is 1.15. The third kappa shape index (κ3) is 1.99. The topological polar surface area (TPSA) is 9.23 Å². The number of hydrogen-bond donors (Lipinski definition) is 0. The van der Waals surface area contributed by atoms with E-state index in [9.17, 15) is 0 Å². The van der Waals surface area contributed by atoms with Gasteiger partial charge in [-0.2, -0.15) is 0 Å². The van der Waals surface area contributed by atoms with E-state index in [1.54, 1.807) is 7.11 Å². The second-order valence-corrected chi connectivity index (χ2v) is 2.74. The summed E-state index contributed by atoms with van der Waals surface area (Å²) in [5.41, 5.74) is 1.40. The van der Waals surface area contributed by atoms with E-state index in [4.69, 9.17) is 4.74 Å². The molecular weight excluding hydrogens is 124 g/mol. The van der Waals surface area contributed by atoms with Gasteiger partial charge in [0.25, 0.3) is 0 Å². The Labute approximate surface area is 62.4 Å². The molecule has 0 aromatic rings. The predicted molar refractivity (Wildman–Crippen MR) is 42.9 cm³/mol. The first-order valence-electron chi connectivity index (χ1n) is 3.68. The first-order valence-corrected chi connectivity index (χ1v) is 3.68. The van der Waals surface area contributed by atoms with Crippen molar-refractivity contribution in [3.63, 3.8) is 0 Å². The molecule has 0 saturated heterocycles. The molecule has 0 heterocycles. The summed E-state index contributed by atoms with van der Waals surface area (Å²) in [7, 11) is 1.77. The molecule has 1 atom stereocenters. The highest BCUT2D eigenvalue weighted by molar-refractivity contribution is 5.14. The largest absolute Gasteiger partial charge is 0.381 e. The number of allylic oxidation sites excluding steroid dienone is 2. The molecule has 0 amide bonds. The molecule has 1 rings (SSSR count). The number of ether oxygens (including phenoxy) is 1. The van der Waals surface area contributed by atoms with Gasteiger partial charge in [0.15, 0.2) is 0 Å². The Kier molecular flexibility index (Phi) is 2.69. The smallest absolute Gasteiger partial charge is 0.0642 e. The van der Waals surface area contributed by atoms with Gasteiger partial charge in [0, 0.05) is 7.11 Å². The molecule has 0 bridgehead atoms. The Morgan fingerprint density at radius 1 is 1.60 bits per heavy atom. The first-order chi connectivity index (χ1) is 4.83. The van der Waals surface area contributed by atoms with Gasteiger partial charge in [-0.25, -0.2) is 0 Å². The van der Waals surface area contributed by atoms with Crippen molar-refractivity contribution in [1.29, 1.82) is 0 Å². The molecule has 0 aromatic carbocycles. The molecule has 0 spiro atoms. The molecule has 0 saturated carbocycles. The highest BCUT2D eigenvalue weighted by Gasteiger charge is 2.06. The van der Waals surface area contributed by atoms with Crippen LogP contribution in [0.3, 0.4) is 0 Å². The van der Waals surface area contributed by atoms with E-state index >= 15 is 0 Å². The molecule has 0 N–H and O–H groups in total. The normalized spacial score (nSPS) is 25.8. The summed E-state index contributed by atoms with van der Waals surface area (Å²) in [6.07, 6.45) is 8.93. The standard InChI is InChI=1S/C9H14O/c1-8-5-3-4-6-9(7-8)10-2/h3-5,9H,6-7H2,1-2H3. The van der Waals surface area contributed by atoms with Crippen LogP contribution < -0.4 is 0 Å². The van der Waals surface area contributed by atoms with Crippen molar-refractivity contribution in [2.24, 2.45) is 0 Å². The van der Waals surface area contributed by atoms with Gasteiger partial charge in [-0.15, -0.1) is 0 Å². The van der Waals surface area contributed by atoms with Crippen LogP contribution in [0, 0.1) is 0 Å². The van der Waals surface area contributed by atoms with Gasteiger partial charge in [-0.05, 0) is 19.8 Å². The van der Waals surface area contributed by atoms with E-state index in [-0.39, 0.29) is 0 Å². The minimum absolute atomic E-state index is 0.398. The SMILES string of the molecule is COC1CC=CC=C(C)C1. The maximum atomic E-state index is 5.25. The summed E-state index contributed by atoms with van der Waals surface area (Å²) in [5.74, 6) is 0. The fourth-order valence-corrected chi connectivity index (χ4v) is 1.15. The molecule has 1 aliphatic carbocycles. The van der Waals surface area contributed by atoms with Gasteiger partial charge < -0.3 is 4.74 Å². The van der Waals surface area contributed by atoms with Gasteiger partial charge >= 0.3 is 0 Å². The van der Waals surface area contributed by atoms with Gasteiger partial charge in [0.05, 0.1) is 6.10 Å². The van der Waals surface area contributed by atoms with Gasteiger partial charge in [-0.3, -0.25) is 0 Å². The first kappa shape index (κ1) is 7.55. The predicted octanol–water partition coefficient (Wildman–Crippen LogP) is 2.30. The maximum Gasteiger partial charge on any atom is 0.0642 e. The zero-order valence-electron chi connectivity index (χ0n) is 6.63. The molecule has 0 fully saturated rings. The summed E-state index contributed by atoms with van der Waals surface area (Å²) in [4.78, 5) is 0. The van der Waals surface area contributed by atoms with Crippen LogP contribution in [0.4, 0.5) is 0 Å². The van der Waals surface area contributed by atoms with Gasteiger partial charge in [0.2, 0.25) is 0 Å². The van der Waals surface area contributed by atoms with Crippen LogP contribution >= 0.6 is 0 Å². The Hall–Kier alpha value is -0.560.